The standard InChI is InChI=1S/C21H20N2O3/c1-14(2)26-18-11-7-6-10-17(18)23-21(25)19-16(12-13-22-20(19)24)15-8-4-3-5-9-15/h3-14H,1-2H3,(H,22,24)(H,23,25). The minimum Gasteiger partial charge on any atom is -0.489 e. The Kier molecular flexibility index (Phi) is 5.17. The summed E-state index contributed by atoms with van der Waals surface area (Å²) in [5.41, 5.74) is 1.53. The second-order valence-electron chi connectivity index (χ2n) is 6.08. The van der Waals surface area contributed by atoms with Gasteiger partial charge < -0.3 is 15.0 Å². The summed E-state index contributed by atoms with van der Waals surface area (Å²) in [7, 11) is 0. The average molecular weight is 348 g/mol. The van der Waals surface area contributed by atoms with Gasteiger partial charge in [0.1, 0.15) is 11.3 Å². The third-order valence-electron chi connectivity index (χ3n) is 3.77. The van der Waals surface area contributed by atoms with Crippen molar-refractivity contribution in [3.8, 4) is 16.9 Å². The number of nitrogens with one attached hydrogen (secondary N) is 2. The molecule has 0 saturated carbocycles. The normalized spacial score (nSPS) is 10.6. The van der Waals surface area contributed by atoms with Crippen LogP contribution >= 0.6 is 0 Å². The van der Waals surface area contributed by atoms with Crippen molar-refractivity contribution in [1.29, 1.82) is 0 Å². The first-order chi connectivity index (χ1) is 12.6. The van der Waals surface area contributed by atoms with E-state index in [9.17, 15) is 9.59 Å². The average Bonchev–Trinajstić information content (AvgIpc) is 2.63. The predicted octanol–water partition coefficient (Wildman–Crippen LogP) is 4.08. The van der Waals surface area contributed by atoms with Crippen molar-refractivity contribution in [3.63, 3.8) is 0 Å². The number of H-pyrrole nitrogens is 1. The number of carbonyl (C=O) groups is 1. The Hall–Kier alpha value is -3.34. The lowest BCUT2D eigenvalue weighted by Gasteiger charge is -2.15. The number of ether oxygens (including phenoxy) is 1. The fraction of sp³-hybridized carbons (Fsp3) is 0.143. The number of amides is 1. The van der Waals surface area contributed by atoms with E-state index in [1.54, 1.807) is 24.3 Å². The zero-order chi connectivity index (χ0) is 18.5. The zero-order valence-electron chi connectivity index (χ0n) is 14.7. The van der Waals surface area contributed by atoms with E-state index in [0.717, 1.165) is 5.56 Å². The second-order valence-corrected chi connectivity index (χ2v) is 6.08. The summed E-state index contributed by atoms with van der Waals surface area (Å²) in [5, 5.41) is 2.80. The third kappa shape index (κ3) is 3.83. The molecule has 1 amide bonds. The smallest absolute Gasteiger partial charge is 0.262 e. The fourth-order valence-electron chi connectivity index (χ4n) is 2.67. The Labute approximate surface area is 151 Å². The minimum atomic E-state index is -0.481. The zero-order valence-corrected chi connectivity index (χ0v) is 14.7. The molecule has 0 saturated heterocycles. The van der Waals surface area contributed by atoms with Crippen LogP contribution in [0.3, 0.4) is 0 Å². The summed E-state index contributed by atoms with van der Waals surface area (Å²) in [6.45, 7) is 3.82. The largest absolute Gasteiger partial charge is 0.489 e. The Balaban J connectivity index is 1.99. The summed E-state index contributed by atoms with van der Waals surface area (Å²) in [6.07, 6.45) is 1.50. The van der Waals surface area contributed by atoms with Crippen LogP contribution in [-0.2, 0) is 0 Å². The highest BCUT2D eigenvalue weighted by Crippen LogP contribution is 2.27. The molecule has 26 heavy (non-hydrogen) atoms. The van der Waals surface area contributed by atoms with Crippen LogP contribution in [0.2, 0.25) is 0 Å². The van der Waals surface area contributed by atoms with Gasteiger partial charge in [0.15, 0.2) is 0 Å². The summed E-state index contributed by atoms with van der Waals surface area (Å²) in [5.74, 6) is 0.0787. The van der Waals surface area contributed by atoms with Gasteiger partial charge in [0.25, 0.3) is 11.5 Å². The molecule has 0 unspecified atom stereocenters. The van der Waals surface area contributed by atoms with Gasteiger partial charge in [0.05, 0.1) is 11.8 Å². The third-order valence-corrected chi connectivity index (χ3v) is 3.77. The van der Waals surface area contributed by atoms with E-state index in [2.05, 4.69) is 10.3 Å². The quantitative estimate of drug-likeness (QED) is 0.730. The van der Waals surface area contributed by atoms with Crippen molar-refractivity contribution in [2.75, 3.05) is 5.32 Å². The van der Waals surface area contributed by atoms with Crippen LogP contribution in [0.1, 0.15) is 24.2 Å². The topological polar surface area (TPSA) is 71.2 Å². The van der Waals surface area contributed by atoms with Crippen molar-refractivity contribution < 1.29 is 9.53 Å². The number of pyridine rings is 1. The highest BCUT2D eigenvalue weighted by Gasteiger charge is 2.18. The molecule has 0 aliphatic carbocycles. The molecule has 0 radical (unpaired) electrons. The second kappa shape index (κ2) is 7.70. The van der Waals surface area contributed by atoms with Gasteiger partial charge in [-0.25, -0.2) is 0 Å². The van der Waals surface area contributed by atoms with E-state index in [-0.39, 0.29) is 11.7 Å². The lowest BCUT2D eigenvalue weighted by Crippen LogP contribution is -2.24. The van der Waals surface area contributed by atoms with Crippen LogP contribution < -0.4 is 15.6 Å². The maximum Gasteiger partial charge on any atom is 0.262 e. The van der Waals surface area contributed by atoms with Crippen molar-refractivity contribution >= 4 is 11.6 Å². The van der Waals surface area contributed by atoms with E-state index in [1.807, 2.05) is 50.2 Å². The Morgan fingerprint density at radius 2 is 1.69 bits per heavy atom. The lowest BCUT2D eigenvalue weighted by molar-refractivity contribution is 0.102. The molecule has 0 atom stereocenters. The number of anilines is 1. The monoisotopic (exact) mass is 348 g/mol. The van der Waals surface area contributed by atoms with E-state index in [4.69, 9.17) is 4.74 Å². The van der Waals surface area contributed by atoms with Gasteiger partial charge >= 0.3 is 0 Å². The van der Waals surface area contributed by atoms with E-state index in [1.165, 1.54) is 6.20 Å². The molecule has 0 aliphatic rings. The number of benzene rings is 2. The molecule has 5 nitrogen and oxygen atoms in total. The number of aromatic amines is 1. The first-order valence-electron chi connectivity index (χ1n) is 8.40. The van der Waals surface area contributed by atoms with Gasteiger partial charge in [-0.15, -0.1) is 0 Å². The maximum absolute atomic E-state index is 12.9. The summed E-state index contributed by atoms with van der Waals surface area (Å²) in [4.78, 5) is 27.8. The first kappa shape index (κ1) is 17.5. The molecule has 0 fully saturated rings. The molecule has 3 aromatic rings. The van der Waals surface area contributed by atoms with Crippen molar-refractivity contribution in [3.05, 3.63) is 82.8 Å². The summed E-state index contributed by atoms with van der Waals surface area (Å²) < 4.78 is 5.73. The number of rotatable bonds is 5. The van der Waals surface area contributed by atoms with E-state index >= 15 is 0 Å². The first-order valence-corrected chi connectivity index (χ1v) is 8.40. The van der Waals surface area contributed by atoms with Crippen molar-refractivity contribution in [2.45, 2.75) is 20.0 Å². The van der Waals surface area contributed by atoms with Crippen LogP contribution in [0.5, 0.6) is 5.75 Å². The fourth-order valence-corrected chi connectivity index (χ4v) is 2.67. The van der Waals surface area contributed by atoms with Crippen molar-refractivity contribution in [2.24, 2.45) is 0 Å². The highest BCUT2D eigenvalue weighted by molar-refractivity contribution is 6.09. The molecule has 3 rings (SSSR count). The van der Waals surface area contributed by atoms with Gasteiger partial charge in [-0.1, -0.05) is 42.5 Å². The lowest BCUT2D eigenvalue weighted by atomic mass is 10.0. The number of hydrogen-bond donors (Lipinski definition) is 2. The molecule has 2 N–H and O–H groups in total. The molecule has 1 heterocycles. The minimum absolute atomic E-state index is 0.0342. The van der Waals surface area contributed by atoms with Gasteiger partial charge in [0.2, 0.25) is 0 Å². The number of aromatic nitrogens is 1. The van der Waals surface area contributed by atoms with E-state index < -0.39 is 11.5 Å². The van der Waals surface area contributed by atoms with Crippen LogP contribution in [-0.4, -0.2) is 17.0 Å². The maximum atomic E-state index is 12.9. The molecule has 1 aromatic heterocycles. The molecule has 5 heteroatoms. The number of para-hydroxylation sites is 2. The van der Waals surface area contributed by atoms with Crippen LogP contribution in [0.15, 0.2) is 71.7 Å². The molecule has 0 aliphatic heterocycles. The number of carbonyl (C=O) groups excluding carboxylic acids is 1. The molecule has 0 bridgehead atoms. The molecule has 2 aromatic carbocycles. The summed E-state index contributed by atoms with van der Waals surface area (Å²) >= 11 is 0. The Bertz CT molecular complexity index is 962. The Morgan fingerprint density at radius 1 is 1.00 bits per heavy atom. The van der Waals surface area contributed by atoms with E-state index in [0.29, 0.717) is 17.0 Å². The van der Waals surface area contributed by atoms with Gasteiger partial charge in [-0.2, -0.15) is 0 Å². The Morgan fingerprint density at radius 3 is 2.42 bits per heavy atom. The van der Waals surface area contributed by atoms with Gasteiger partial charge in [-0.05, 0) is 37.6 Å². The van der Waals surface area contributed by atoms with Gasteiger partial charge in [0, 0.05) is 11.8 Å². The number of hydrogen-bond acceptors (Lipinski definition) is 3. The molecular weight excluding hydrogens is 328 g/mol. The van der Waals surface area contributed by atoms with Crippen LogP contribution in [0, 0.1) is 0 Å². The predicted molar refractivity (Wildman–Crippen MR) is 103 cm³/mol. The van der Waals surface area contributed by atoms with Crippen LogP contribution in [0.4, 0.5) is 5.69 Å². The van der Waals surface area contributed by atoms with Gasteiger partial charge in [-0.3, -0.25) is 9.59 Å². The molecule has 0 spiro atoms. The highest BCUT2D eigenvalue weighted by atomic mass is 16.5. The summed E-state index contributed by atoms with van der Waals surface area (Å²) in [6, 6.07) is 18.2. The van der Waals surface area contributed by atoms with Crippen molar-refractivity contribution in [1.82, 2.24) is 4.98 Å². The van der Waals surface area contributed by atoms with Crippen LogP contribution in [0.25, 0.3) is 11.1 Å². The molecular formula is C21H20N2O3. The SMILES string of the molecule is CC(C)Oc1ccccc1NC(=O)c1c(-c2ccccc2)cc[nH]c1=O. The molecule has 132 valence electrons.